The van der Waals surface area contributed by atoms with Crippen molar-refractivity contribution in [2.24, 2.45) is 0 Å². The Bertz CT molecular complexity index is 548. The van der Waals surface area contributed by atoms with E-state index in [1.54, 1.807) is 0 Å². The zero-order chi connectivity index (χ0) is 15.3. The number of ether oxygens (including phenoxy) is 1. The number of esters is 1. The van der Waals surface area contributed by atoms with Crippen LogP contribution in [0.3, 0.4) is 0 Å². The van der Waals surface area contributed by atoms with E-state index < -0.39 is 35.1 Å². The first-order valence-electron chi connectivity index (χ1n) is 5.35. The van der Waals surface area contributed by atoms with Crippen molar-refractivity contribution in [2.75, 3.05) is 13.7 Å². The average molecular weight is 303 g/mol. The summed E-state index contributed by atoms with van der Waals surface area (Å²) >= 11 is 5.68. The molecule has 2 N–H and O–H groups in total. The molecule has 1 aromatic rings. The van der Waals surface area contributed by atoms with Crippen LogP contribution in [0.2, 0.25) is 5.02 Å². The molecule has 8 nitrogen and oxygen atoms in total. The summed E-state index contributed by atoms with van der Waals surface area (Å²) in [6.45, 7) is -0.435. The maximum Gasteiger partial charge on any atom is 0.336 e. The molecule has 0 saturated heterocycles. The molecule has 1 atom stereocenters. The van der Waals surface area contributed by atoms with Gasteiger partial charge in [0.2, 0.25) is 0 Å². The van der Waals surface area contributed by atoms with Gasteiger partial charge in [0.1, 0.15) is 5.56 Å². The van der Waals surface area contributed by atoms with Gasteiger partial charge in [-0.2, -0.15) is 0 Å². The highest BCUT2D eigenvalue weighted by Gasteiger charge is 2.22. The fourth-order valence-corrected chi connectivity index (χ4v) is 1.53. The number of aliphatic hydroxyl groups excluding tert-OH is 1. The van der Waals surface area contributed by atoms with Crippen molar-refractivity contribution in [1.29, 1.82) is 0 Å². The van der Waals surface area contributed by atoms with Gasteiger partial charge in [-0.15, -0.1) is 0 Å². The summed E-state index contributed by atoms with van der Waals surface area (Å²) in [5.41, 5.74) is -0.695. The first kappa shape index (κ1) is 15.9. The van der Waals surface area contributed by atoms with Crippen LogP contribution in [0.4, 0.5) is 5.69 Å². The van der Waals surface area contributed by atoms with Gasteiger partial charge in [0.25, 0.3) is 11.6 Å². The van der Waals surface area contributed by atoms with Gasteiger partial charge < -0.3 is 15.2 Å². The molecule has 0 radical (unpaired) electrons. The Balaban J connectivity index is 2.85. The van der Waals surface area contributed by atoms with Gasteiger partial charge in [-0.3, -0.25) is 14.9 Å². The van der Waals surface area contributed by atoms with Crippen LogP contribution in [0.5, 0.6) is 0 Å². The Hall–Kier alpha value is -2.19. The molecule has 20 heavy (non-hydrogen) atoms. The zero-order valence-electron chi connectivity index (χ0n) is 10.3. The van der Waals surface area contributed by atoms with Crippen molar-refractivity contribution in [3.05, 3.63) is 38.9 Å². The zero-order valence-corrected chi connectivity index (χ0v) is 11.1. The molecule has 9 heteroatoms. The number of aliphatic hydroxyl groups is 1. The molecule has 1 amide bonds. The summed E-state index contributed by atoms with van der Waals surface area (Å²) in [5.74, 6) is -1.76. The lowest BCUT2D eigenvalue weighted by molar-refractivity contribution is -0.385. The molecule has 0 aromatic heterocycles. The van der Waals surface area contributed by atoms with E-state index in [1.807, 2.05) is 0 Å². The Morgan fingerprint density at radius 3 is 2.75 bits per heavy atom. The first-order chi connectivity index (χ1) is 9.36. The fraction of sp³-hybridized carbons (Fsp3) is 0.273. The van der Waals surface area contributed by atoms with Crippen LogP contribution in [0.15, 0.2) is 18.2 Å². The number of nitrogens with one attached hydrogen (secondary N) is 1. The highest BCUT2D eigenvalue weighted by molar-refractivity contribution is 6.31. The molecule has 0 bridgehead atoms. The number of benzene rings is 1. The Morgan fingerprint density at radius 2 is 2.20 bits per heavy atom. The highest BCUT2D eigenvalue weighted by Crippen LogP contribution is 2.22. The second-order valence-corrected chi connectivity index (χ2v) is 4.10. The van der Waals surface area contributed by atoms with Crippen LogP contribution in [0.25, 0.3) is 0 Å². The summed E-state index contributed by atoms with van der Waals surface area (Å²) in [7, 11) is 1.08. The van der Waals surface area contributed by atoms with Gasteiger partial charge in [0.05, 0.1) is 18.6 Å². The minimum Gasteiger partial charge on any atom is -0.467 e. The third-order valence-corrected chi connectivity index (χ3v) is 2.56. The molecule has 108 valence electrons. The molecule has 1 rings (SSSR count). The molecular weight excluding hydrogens is 292 g/mol. The number of carbonyl (C=O) groups excluding carboxylic acids is 2. The van der Waals surface area contributed by atoms with Crippen LogP contribution < -0.4 is 5.32 Å². The van der Waals surface area contributed by atoms with Crippen molar-refractivity contribution in [3.8, 4) is 0 Å². The third kappa shape index (κ3) is 3.90. The second kappa shape index (κ2) is 6.83. The molecule has 0 aliphatic carbocycles. The summed E-state index contributed by atoms with van der Waals surface area (Å²) in [6, 6.07) is 3.49. The van der Waals surface area contributed by atoms with Crippen molar-refractivity contribution in [1.82, 2.24) is 5.32 Å². The minimum absolute atomic E-state index is 0.147. The van der Waals surface area contributed by atoms with Crippen LogP contribution >= 0.6 is 11.6 Å². The monoisotopic (exact) mass is 302 g/mol. The van der Waals surface area contributed by atoms with E-state index >= 15 is 0 Å². The maximum absolute atomic E-state index is 11.8. The third-order valence-electron chi connectivity index (χ3n) is 2.33. The fourth-order valence-electron chi connectivity index (χ4n) is 1.35. The van der Waals surface area contributed by atoms with Crippen LogP contribution in [0.1, 0.15) is 10.4 Å². The number of nitrogens with zero attached hydrogens (tertiary/aromatic N) is 1. The van der Waals surface area contributed by atoms with Crippen molar-refractivity contribution in [3.63, 3.8) is 0 Å². The number of amides is 1. The lowest BCUT2D eigenvalue weighted by Crippen LogP contribution is -2.37. The number of rotatable bonds is 5. The minimum atomic E-state index is -1.55. The Morgan fingerprint density at radius 1 is 1.55 bits per heavy atom. The number of halogens is 1. The number of methoxy groups -OCH3 is 1. The van der Waals surface area contributed by atoms with E-state index in [0.29, 0.717) is 0 Å². The van der Waals surface area contributed by atoms with Crippen LogP contribution in [0, 0.1) is 10.1 Å². The molecule has 0 fully saturated rings. The normalized spacial score (nSPS) is 11.6. The number of carbonyl (C=O) groups is 2. The standard InChI is InChI=1S/C11H11ClN2O6/c1-20-11(17)9(15)5-13-10(16)7-4-6(12)2-3-8(7)14(18)19/h2-4,9,15H,5H2,1H3,(H,13,16). The van der Waals surface area contributed by atoms with Crippen LogP contribution in [-0.4, -0.2) is 41.7 Å². The predicted octanol–water partition coefficient (Wildman–Crippen LogP) is 0.512. The molecular formula is C11H11ClN2O6. The lowest BCUT2D eigenvalue weighted by Gasteiger charge is -2.10. The Labute approximate surface area is 118 Å². The predicted molar refractivity (Wildman–Crippen MR) is 68.5 cm³/mol. The van der Waals surface area contributed by atoms with E-state index in [4.69, 9.17) is 11.6 Å². The van der Waals surface area contributed by atoms with Gasteiger partial charge in [-0.25, -0.2) is 4.79 Å². The summed E-state index contributed by atoms with van der Waals surface area (Å²) in [5, 5.41) is 22.4. The summed E-state index contributed by atoms with van der Waals surface area (Å²) < 4.78 is 4.26. The molecule has 0 spiro atoms. The van der Waals surface area contributed by atoms with Crippen molar-refractivity contribution >= 4 is 29.2 Å². The van der Waals surface area contributed by atoms with E-state index in [2.05, 4.69) is 10.1 Å². The smallest absolute Gasteiger partial charge is 0.336 e. The second-order valence-electron chi connectivity index (χ2n) is 3.67. The van der Waals surface area contributed by atoms with Crippen molar-refractivity contribution < 1.29 is 24.4 Å². The first-order valence-corrected chi connectivity index (χ1v) is 5.72. The number of hydrogen-bond acceptors (Lipinski definition) is 6. The molecule has 1 unspecified atom stereocenters. The lowest BCUT2D eigenvalue weighted by atomic mass is 10.1. The average Bonchev–Trinajstić information content (AvgIpc) is 2.42. The Kier molecular flexibility index (Phi) is 5.42. The molecule has 1 aromatic carbocycles. The SMILES string of the molecule is COC(=O)C(O)CNC(=O)c1cc(Cl)ccc1[N+](=O)[O-]. The molecule has 0 heterocycles. The van der Waals surface area contributed by atoms with E-state index in [1.165, 1.54) is 6.07 Å². The topological polar surface area (TPSA) is 119 Å². The van der Waals surface area contributed by atoms with E-state index in [9.17, 15) is 24.8 Å². The number of hydrogen-bond donors (Lipinski definition) is 2. The van der Waals surface area contributed by atoms with E-state index in [0.717, 1.165) is 19.2 Å². The van der Waals surface area contributed by atoms with Gasteiger partial charge in [-0.1, -0.05) is 11.6 Å². The van der Waals surface area contributed by atoms with Gasteiger partial charge in [-0.05, 0) is 12.1 Å². The molecule has 0 aliphatic heterocycles. The highest BCUT2D eigenvalue weighted by atomic mass is 35.5. The van der Waals surface area contributed by atoms with Gasteiger partial charge in [0.15, 0.2) is 6.10 Å². The van der Waals surface area contributed by atoms with E-state index in [-0.39, 0.29) is 10.6 Å². The van der Waals surface area contributed by atoms with Crippen LogP contribution in [-0.2, 0) is 9.53 Å². The van der Waals surface area contributed by atoms with Gasteiger partial charge >= 0.3 is 5.97 Å². The summed E-state index contributed by atoms with van der Waals surface area (Å²) in [4.78, 5) is 32.8. The maximum atomic E-state index is 11.8. The molecule has 0 aliphatic rings. The largest absolute Gasteiger partial charge is 0.467 e. The quantitative estimate of drug-likeness (QED) is 0.465. The summed E-state index contributed by atoms with van der Waals surface area (Å²) in [6.07, 6.45) is -1.55. The van der Waals surface area contributed by atoms with Gasteiger partial charge in [0, 0.05) is 11.1 Å². The number of nitro groups is 1. The molecule has 0 saturated carbocycles. The van der Waals surface area contributed by atoms with Crippen molar-refractivity contribution in [2.45, 2.75) is 6.10 Å². The number of nitro benzene ring substituents is 1.